The molecule has 0 fully saturated rings. The van der Waals surface area contributed by atoms with E-state index in [-0.39, 0.29) is 0 Å². The second kappa shape index (κ2) is 8.29. The minimum absolute atomic E-state index is 0.833. The lowest BCUT2D eigenvalue weighted by Gasteiger charge is -2.18. The van der Waals surface area contributed by atoms with Crippen LogP contribution in [0.15, 0.2) is 133 Å². The molecule has 0 atom stereocenters. The van der Waals surface area contributed by atoms with E-state index in [1.165, 1.54) is 43.8 Å². The quantitative estimate of drug-likeness (QED) is 0.257. The van der Waals surface area contributed by atoms with Gasteiger partial charge in [-0.25, -0.2) is 0 Å². The highest BCUT2D eigenvalue weighted by Gasteiger charge is 2.16. The standard InChI is InChI=1S/C32H22O/c1-3-11-23(12-4-1)31-27-15-7-9-17-29(27)32(30-18-10-8-16-28(30)31)24-19-21-26(22-20-24)33-25-13-5-2-6-14-25/h1-22H. The smallest absolute Gasteiger partial charge is 0.127 e. The average Bonchev–Trinajstić information content (AvgIpc) is 2.89. The zero-order valence-corrected chi connectivity index (χ0v) is 18.1. The van der Waals surface area contributed by atoms with Gasteiger partial charge in [0.25, 0.3) is 0 Å². The lowest BCUT2D eigenvalue weighted by molar-refractivity contribution is 0.483. The van der Waals surface area contributed by atoms with Gasteiger partial charge in [-0.05, 0) is 68.1 Å². The van der Waals surface area contributed by atoms with Crippen molar-refractivity contribution < 1.29 is 4.74 Å². The Morgan fingerprint density at radius 1 is 0.303 bits per heavy atom. The van der Waals surface area contributed by atoms with Crippen LogP contribution < -0.4 is 4.74 Å². The van der Waals surface area contributed by atoms with E-state index >= 15 is 0 Å². The summed E-state index contributed by atoms with van der Waals surface area (Å²) in [6, 6.07) is 46.5. The highest BCUT2D eigenvalue weighted by molar-refractivity contribution is 6.21. The van der Waals surface area contributed by atoms with Crippen LogP contribution in [0.3, 0.4) is 0 Å². The first-order valence-corrected chi connectivity index (χ1v) is 11.2. The molecule has 1 nitrogen and oxygen atoms in total. The normalized spacial score (nSPS) is 11.0. The van der Waals surface area contributed by atoms with Crippen LogP contribution in [0.25, 0.3) is 43.8 Å². The molecule has 0 amide bonds. The third kappa shape index (κ3) is 3.54. The Bertz CT molecular complexity index is 1490. The van der Waals surface area contributed by atoms with Crippen molar-refractivity contribution in [2.45, 2.75) is 0 Å². The van der Waals surface area contributed by atoms with Crippen LogP contribution >= 0.6 is 0 Å². The Morgan fingerprint density at radius 3 is 1.15 bits per heavy atom. The number of benzene rings is 6. The molecule has 0 bridgehead atoms. The molecular weight excluding hydrogens is 400 g/mol. The van der Waals surface area contributed by atoms with Crippen molar-refractivity contribution in [1.82, 2.24) is 0 Å². The van der Waals surface area contributed by atoms with E-state index in [0.29, 0.717) is 0 Å². The number of hydrogen-bond acceptors (Lipinski definition) is 1. The zero-order valence-electron chi connectivity index (χ0n) is 18.1. The Balaban J connectivity index is 1.56. The minimum Gasteiger partial charge on any atom is -0.457 e. The molecule has 1 heteroatoms. The molecule has 0 saturated heterocycles. The largest absolute Gasteiger partial charge is 0.457 e. The first-order valence-electron chi connectivity index (χ1n) is 11.2. The topological polar surface area (TPSA) is 9.23 Å². The Morgan fingerprint density at radius 2 is 0.667 bits per heavy atom. The van der Waals surface area contributed by atoms with Gasteiger partial charge in [0.15, 0.2) is 0 Å². The number of fused-ring (bicyclic) bond motifs is 2. The van der Waals surface area contributed by atoms with Gasteiger partial charge in [-0.1, -0.05) is 109 Å². The molecule has 0 heterocycles. The number of ether oxygens (including phenoxy) is 1. The van der Waals surface area contributed by atoms with Crippen LogP contribution in [0.5, 0.6) is 11.5 Å². The summed E-state index contributed by atoms with van der Waals surface area (Å²) >= 11 is 0. The SMILES string of the molecule is c1ccc(Oc2ccc(-c3c4ccccc4c(-c4ccccc4)c4ccccc34)cc2)cc1. The van der Waals surface area contributed by atoms with Crippen molar-refractivity contribution in [2.75, 3.05) is 0 Å². The molecular formula is C32H22O. The molecule has 156 valence electrons. The summed E-state index contributed by atoms with van der Waals surface area (Å²) in [5.41, 5.74) is 4.97. The van der Waals surface area contributed by atoms with Gasteiger partial charge in [-0.2, -0.15) is 0 Å². The van der Waals surface area contributed by atoms with Crippen molar-refractivity contribution in [2.24, 2.45) is 0 Å². The van der Waals surface area contributed by atoms with Gasteiger partial charge in [0.2, 0.25) is 0 Å². The third-order valence-electron chi connectivity index (χ3n) is 6.12. The van der Waals surface area contributed by atoms with Gasteiger partial charge < -0.3 is 4.74 Å². The van der Waals surface area contributed by atoms with E-state index in [1.54, 1.807) is 0 Å². The number of para-hydroxylation sites is 1. The molecule has 0 N–H and O–H groups in total. The molecule has 6 rings (SSSR count). The molecule has 0 saturated carbocycles. The van der Waals surface area contributed by atoms with Crippen LogP contribution in [0.4, 0.5) is 0 Å². The number of hydrogen-bond donors (Lipinski definition) is 0. The van der Waals surface area contributed by atoms with Crippen molar-refractivity contribution in [1.29, 1.82) is 0 Å². The molecule has 6 aromatic rings. The Labute approximate surface area is 193 Å². The summed E-state index contributed by atoms with van der Waals surface area (Å²) in [4.78, 5) is 0. The first kappa shape index (κ1) is 19.3. The van der Waals surface area contributed by atoms with E-state index in [1.807, 2.05) is 30.3 Å². The summed E-state index contributed by atoms with van der Waals surface area (Å²) < 4.78 is 6.02. The maximum Gasteiger partial charge on any atom is 0.127 e. The van der Waals surface area contributed by atoms with E-state index in [2.05, 4.69) is 103 Å². The molecule has 0 aliphatic carbocycles. The fraction of sp³-hybridized carbons (Fsp3) is 0. The Hall–Kier alpha value is -4.36. The lowest BCUT2D eigenvalue weighted by atomic mass is 9.86. The second-order valence-corrected chi connectivity index (χ2v) is 8.15. The van der Waals surface area contributed by atoms with Gasteiger partial charge in [-0.3, -0.25) is 0 Å². The summed E-state index contributed by atoms with van der Waals surface area (Å²) in [5.74, 6) is 1.67. The summed E-state index contributed by atoms with van der Waals surface area (Å²) in [7, 11) is 0. The highest BCUT2D eigenvalue weighted by Crippen LogP contribution is 2.43. The molecule has 0 unspecified atom stereocenters. The predicted octanol–water partition coefficient (Wildman–Crippen LogP) is 9.12. The molecule has 0 aliphatic rings. The molecule has 0 aliphatic heterocycles. The van der Waals surface area contributed by atoms with Crippen LogP contribution in [0.1, 0.15) is 0 Å². The van der Waals surface area contributed by atoms with Crippen LogP contribution in [0, 0.1) is 0 Å². The second-order valence-electron chi connectivity index (χ2n) is 8.15. The van der Waals surface area contributed by atoms with Gasteiger partial charge >= 0.3 is 0 Å². The van der Waals surface area contributed by atoms with Crippen molar-refractivity contribution in [3.63, 3.8) is 0 Å². The van der Waals surface area contributed by atoms with Gasteiger partial charge in [0.05, 0.1) is 0 Å². The average molecular weight is 423 g/mol. The minimum atomic E-state index is 0.833. The maximum absolute atomic E-state index is 6.02. The molecule has 33 heavy (non-hydrogen) atoms. The molecule has 0 aromatic heterocycles. The van der Waals surface area contributed by atoms with Crippen molar-refractivity contribution in [3.05, 3.63) is 133 Å². The third-order valence-corrected chi connectivity index (χ3v) is 6.12. The molecule has 0 spiro atoms. The van der Waals surface area contributed by atoms with Crippen LogP contribution in [-0.2, 0) is 0 Å². The van der Waals surface area contributed by atoms with Gasteiger partial charge in [0.1, 0.15) is 11.5 Å². The first-order chi connectivity index (χ1) is 16.4. The number of rotatable bonds is 4. The zero-order chi connectivity index (χ0) is 22.0. The fourth-order valence-electron chi connectivity index (χ4n) is 4.67. The van der Waals surface area contributed by atoms with Crippen LogP contribution in [0.2, 0.25) is 0 Å². The van der Waals surface area contributed by atoms with Crippen molar-refractivity contribution >= 4 is 21.5 Å². The van der Waals surface area contributed by atoms with Crippen molar-refractivity contribution in [3.8, 4) is 33.8 Å². The van der Waals surface area contributed by atoms with Gasteiger partial charge in [0, 0.05) is 0 Å². The summed E-state index contributed by atoms with van der Waals surface area (Å²) in [6.07, 6.45) is 0. The van der Waals surface area contributed by atoms with E-state index < -0.39 is 0 Å². The van der Waals surface area contributed by atoms with E-state index in [9.17, 15) is 0 Å². The van der Waals surface area contributed by atoms with Gasteiger partial charge in [-0.15, -0.1) is 0 Å². The lowest BCUT2D eigenvalue weighted by Crippen LogP contribution is -1.91. The van der Waals surface area contributed by atoms with Crippen LogP contribution in [-0.4, -0.2) is 0 Å². The summed E-state index contributed by atoms with van der Waals surface area (Å²) in [6.45, 7) is 0. The monoisotopic (exact) mass is 422 g/mol. The fourth-order valence-corrected chi connectivity index (χ4v) is 4.67. The molecule has 6 aromatic carbocycles. The Kier molecular flexibility index (Phi) is 4.86. The highest BCUT2D eigenvalue weighted by atomic mass is 16.5. The maximum atomic E-state index is 6.02. The molecule has 0 radical (unpaired) electrons. The summed E-state index contributed by atoms with van der Waals surface area (Å²) in [5, 5.41) is 5.04. The van der Waals surface area contributed by atoms with E-state index in [0.717, 1.165) is 11.5 Å². The van der Waals surface area contributed by atoms with E-state index in [4.69, 9.17) is 4.74 Å². The predicted molar refractivity (Wildman–Crippen MR) is 139 cm³/mol.